The Hall–Kier alpha value is -1.13. The van der Waals surface area contributed by atoms with E-state index in [1.165, 1.54) is 18.4 Å². The number of rotatable bonds is 6. The van der Waals surface area contributed by atoms with Crippen LogP contribution in [0.5, 0.6) is 5.88 Å². The Balaban J connectivity index is 2.06. The van der Waals surface area contributed by atoms with E-state index in [0.29, 0.717) is 12.1 Å². The van der Waals surface area contributed by atoms with E-state index in [9.17, 15) is 0 Å². The van der Waals surface area contributed by atoms with Gasteiger partial charge in [-0.1, -0.05) is 26.8 Å². The van der Waals surface area contributed by atoms with E-state index in [1.807, 2.05) is 6.07 Å². The molecule has 4 heteroatoms. The lowest BCUT2D eigenvalue weighted by atomic mass is 9.98. The van der Waals surface area contributed by atoms with E-state index < -0.39 is 0 Å². The number of ether oxygens (including phenoxy) is 1. The Labute approximate surface area is 128 Å². The SMILES string of the molecule is CCC1CNC(CC(C)C)CN1Cc1cccnc1OC. The fraction of sp³-hybridized carbons (Fsp3) is 0.706. The van der Waals surface area contributed by atoms with Crippen LogP contribution in [0.1, 0.15) is 39.2 Å². The average Bonchev–Trinajstić information content (AvgIpc) is 2.47. The van der Waals surface area contributed by atoms with E-state index in [0.717, 1.165) is 31.4 Å². The van der Waals surface area contributed by atoms with E-state index in [-0.39, 0.29) is 0 Å². The third-order valence-electron chi connectivity index (χ3n) is 4.26. The quantitative estimate of drug-likeness (QED) is 0.874. The highest BCUT2D eigenvalue weighted by molar-refractivity contribution is 5.25. The first-order chi connectivity index (χ1) is 10.1. The molecule has 0 aromatic carbocycles. The topological polar surface area (TPSA) is 37.4 Å². The highest BCUT2D eigenvalue weighted by Crippen LogP contribution is 2.21. The normalized spacial score (nSPS) is 23.5. The van der Waals surface area contributed by atoms with Gasteiger partial charge in [-0.2, -0.15) is 0 Å². The molecular formula is C17H29N3O. The zero-order valence-corrected chi connectivity index (χ0v) is 13.8. The van der Waals surface area contributed by atoms with Crippen molar-refractivity contribution in [2.24, 2.45) is 5.92 Å². The third-order valence-corrected chi connectivity index (χ3v) is 4.26. The van der Waals surface area contributed by atoms with Crippen LogP contribution in [0.25, 0.3) is 0 Å². The van der Waals surface area contributed by atoms with Crippen molar-refractivity contribution in [2.45, 2.75) is 52.2 Å². The number of methoxy groups -OCH3 is 1. The Kier molecular flexibility index (Phi) is 6.00. The molecule has 0 spiro atoms. The minimum Gasteiger partial charge on any atom is -0.481 e. The summed E-state index contributed by atoms with van der Waals surface area (Å²) in [5.41, 5.74) is 1.18. The molecule has 2 atom stereocenters. The maximum atomic E-state index is 5.39. The molecule has 2 unspecified atom stereocenters. The van der Waals surface area contributed by atoms with Crippen molar-refractivity contribution in [1.82, 2.24) is 15.2 Å². The summed E-state index contributed by atoms with van der Waals surface area (Å²) in [6.07, 6.45) is 4.19. The molecule has 0 amide bonds. The number of piperazine rings is 1. The van der Waals surface area contributed by atoms with E-state index in [2.05, 4.69) is 42.0 Å². The Bertz CT molecular complexity index is 436. The molecule has 1 fully saturated rings. The van der Waals surface area contributed by atoms with Crippen molar-refractivity contribution >= 4 is 0 Å². The van der Waals surface area contributed by atoms with Crippen molar-refractivity contribution in [3.8, 4) is 5.88 Å². The maximum Gasteiger partial charge on any atom is 0.217 e. The molecule has 1 aliphatic heterocycles. The summed E-state index contributed by atoms with van der Waals surface area (Å²) >= 11 is 0. The standard InChI is InChI=1S/C17H29N3O/c1-5-16-10-19-15(9-13(2)3)12-20(16)11-14-7-6-8-18-17(14)21-4/h6-8,13,15-16,19H,5,9-12H2,1-4H3. The summed E-state index contributed by atoms with van der Waals surface area (Å²) < 4.78 is 5.39. The number of hydrogen-bond donors (Lipinski definition) is 1. The van der Waals surface area contributed by atoms with Crippen LogP contribution in [0.2, 0.25) is 0 Å². The summed E-state index contributed by atoms with van der Waals surface area (Å²) in [4.78, 5) is 6.90. The number of aromatic nitrogens is 1. The number of nitrogens with one attached hydrogen (secondary N) is 1. The van der Waals surface area contributed by atoms with Gasteiger partial charge in [0.2, 0.25) is 5.88 Å². The fourth-order valence-electron chi connectivity index (χ4n) is 3.20. The molecule has 1 aromatic heterocycles. The van der Waals surface area contributed by atoms with E-state index in [1.54, 1.807) is 13.3 Å². The van der Waals surface area contributed by atoms with Gasteiger partial charge in [-0.3, -0.25) is 4.90 Å². The largest absolute Gasteiger partial charge is 0.481 e. The molecule has 2 rings (SSSR count). The second-order valence-corrected chi connectivity index (χ2v) is 6.40. The van der Waals surface area contributed by atoms with Gasteiger partial charge < -0.3 is 10.1 Å². The molecular weight excluding hydrogens is 262 g/mol. The maximum absolute atomic E-state index is 5.39. The summed E-state index contributed by atoms with van der Waals surface area (Å²) in [6, 6.07) is 5.30. The lowest BCUT2D eigenvalue weighted by Crippen LogP contribution is -2.56. The molecule has 1 aromatic rings. The number of nitrogens with zero attached hydrogens (tertiary/aromatic N) is 2. The second-order valence-electron chi connectivity index (χ2n) is 6.40. The average molecular weight is 291 g/mol. The van der Waals surface area contributed by atoms with Crippen molar-refractivity contribution in [3.05, 3.63) is 23.9 Å². The Morgan fingerprint density at radius 2 is 2.29 bits per heavy atom. The van der Waals surface area contributed by atoms with Crippen LogP contribution in [0.3, 0.4) is 0 Å². The van der Waals surface area contributed by atoms with Gasteiger partial charge in [-0.25, -0.2) is 4.98 Å². The van der Waals surface area contributed by atoms with Crippen LogP contribution in [-0.2, 0) is 6.54 Å². The molecule has 0 bridgehead atoms. The van der Waals surface area contributed by atoms with Gasteiger partial charge in [0.1, 0.15) is 0 Å². The van der Waals surface area contributed by atoms with E-state index >= 15 is 0 Å². The molecule has 1 N–H and O–H groups in total. The molecule has 0 radical (unpaired) electrons. The van der Waals surface area contributed by atoms with Crippen LogP contribution in [0.15, 0.2) is 18.3 Å². The fourth-order valence-corrected chi connectivity index (χ4v) is 3.20. The van der Waals surface area contributed by atoms with Gasteiger partial charge in [-0.15, -0.1) is 0 Å². The van der Waals surface area contributed by atoms with Crippen molar-refractivity contribution in [3.63, 3.8) is 0 Å². The molecule has 1 aliphatic rings. The lowest BCUT2D eigenvalue weighted by Gasteiger charge is -2.40. The minimum atomic E-state index is 0.593. The Morgan fingerprint density at radius 1 is 1.48 bits per heavy atom. The van der Waals surface area contributed by atoms with Gasteiger partial charge in [0, 0.05) is 43.5 Å². The number of pyridine rings is 1. The van der Waals surface area contributed by atoms with Gasteiger partial charge in [-0.05, 0) is 24.8 Å². The molecule has 4 nitrogen and oxygen atoms in total. The monoisotopic (exact) mass is 291 g/mol. The molecule has 0 aliphatic carbocycles. The highest BCUT2D eigenvalue weighted by atomic mass is 16.5. The van der Waals surface area contributed by atoms with Crippen LogP contribution >= 0.6 is 0 Å². The lowest BCUT2D eigenvalue weighted by molar-refractivity contribution is 0.110. The number of hydrogen-bond acceptors (Lipinski definition) is 4. The molecule has 2 heterocycles. The zero-order valence-electron chi connectivity index (χ0n) is 13.8. The van der Waals surface area contributed by atoms with Crippen LogP contribution < -0.4 is 10.1 Å². The van der Waals surface area contributed by atoms with Crippen molar-refractivity contribution < 1.29 is 4.74 Å². The first-order valence-corrected chi connectivity index (χ1v) is 8.09. The smallest absolute Gasteiger partial charge is 0.217 e. The predicted octanol–water partition coefficient (Wildman–Crippen LogP) is 2.69. The van der Waals surface area contributed by atoms with Crippen LogP contribution in [0, 0.1) is 5.92 Å². The van der Waals surface area contributed by atoms with E-state index in [4.69, 9.17) is 4.74 Å². The van der Waals surface area contributed by atoms with Crippen molar-refractivity contribution in [1.29, 1.82) is 0 Å². The first-order valence-electron chi connectivity index (χ1n) is 8.09. The third kappa shape index (κ3) is 4.42. The molecule has 1 saturated heterocycles. The van der Waals surface area contributed by atoms with Crippen molar-refractivity contribution in [2.75, 3.05) is 20.2 Å². The van der Waals surface area contributed by atoms with Gasteiger partial charge in [0.05, 0.1) is 7.11 Å². The Morgan fingerprint density at radius 3 is 2.95 bits per heavy atom. The second kappa shape index (κ2) is 7.76. The molecule has 0 saturated carbocycles. The molecule has 21 heavy (non-hydrogen) atoms. The predicted molar refractivity (Wildman–Crippen MR) is 86.5 cm³/mol. The van der Waals surface area contributed by atoms with Crippen LogP contribution in [-0.4, -0.2) is 42.2 Å². The van der Waals surface area contributed by atoms with Crippen LogP contribution in [0.4, 0.5) is 0 Å². The minimum absolute atomic E-state index is 0.593. The highest BCUT2D eigenvalue weighted by Gasteiger charge is 2.27. The summed E-state index contributed by atoms with van der Waals surface area (Å²) in [6.45, 7) is 9.96. The van der Waals surface area contributed by atoms with Gasteiger partial charge >= 0.3 is 0 Å². The zero-order chi connectivity index (χ0) is 15.2. The van der Waals surface area contributed by atoms with Gasteiger partial charge in [0.25, 0.3) is 0 Å². The summed E-state index contributed by atoms with van der Waals surface area (Å²) in [5.74, 6) is 1.49. The first kappa shape index (κ1) is 16.2. The summed E-state index contributed by atoms with van der Waals surface area (Å²) in [7, 11) is 1.70. The van der Waals surface area contributed by atoms with Gasteiger partial charge in [0.15, 0.2) is 0 Å². The summed E-state index contributed by atoms with van der Waals surface area (Å²) in [5, 5.41) is 3.71. The molecule has 118 valence electrons.